The standard InChI is InChI=1S/C21H20FN5O2/c22-17-5-3-15(4-6-17)14-26-10-11-27(21(26)29)19-12-16(7-9-24-19)20(28)25-13-18-2-1-8-23-18/h1-9,12,23H,10-11,13-14H2,(H,25,28). The minimum absolute atomic E-state index is 0.189. The van der Waals surface area contributed by atoms with Gasteiger partial charge in [-0.05, 0) is 42.0 Å². The highest BCUT2D eigenvalue weighted by Gasteiger charge is 2.30. The molecule has 1 fully saturated rings. The third-order valence-corrected chi connectivity index (χ3v) is 4.77. The quantitative estimate of drug-likeness (QED) is 0.676. The summed E-state index contributed by atoms with van der Waals surface area (Å²) in [4.78, 5) is 35.7. The summed E-state index contributed by atoms with van der Waals surface area (Å²) in [6.07, 6.45) is 3.32. The van der Waals surface area contributed by atoms with Crippen molar-refractivity contribution >= 4 is 17.8 Å². The Morgan fingerprint density at radius 3 is 2.76 bits per heavy atom. The molecule has 0 bridgehead atoms. The van der Waals surface area contributed by atoms with Crippen LogP contribution >= 0.6 is 0 Å². The highest BCUT2D eigenvalue weighted by molar-refractivity contribution is 5.97. The van der Waals surface area contributed by atoms with E-state index in [2.05, 4.69) is 15.3 Å². The van der Waals surface area contributed by atoms with Crippen molar-refractivity contribution in [1.29, 1.82) is 0 Å². The molecule has 7 nitrogen and oxygen atoms in total. The molecule has 0 radical (unpaired) electrons. The molecule has 3 aromatic rings. The fourth-order valence-corrected chi connectivity index (χ4v) is 3.21. The normalized spacial score (nSPS) is 13.8. The van der Waals surface area contributed by atoms with Crippen molar-refractivity contribution in [3.8, 4) is 0 Å². The van der Waals surface area contributed by atoms with E-state index in [1.54, 1.807) is 40.3 Å². The Morgan fingerprint density at radius 2 is 2.00 bits per heavy atom. The van der Waals surface area contributed by atoms with Gasteiger partial charge in [-0.2, -0.15) is 0 Å². The van der Waals surface area contributed by atoms with Crippen LogP contribution in [-0.2, 0) is 13.1 Å². The maximum Gasteiger partial charge on any atom is 0.326 e. The Hall–Kier alpha value is -3.68. The monoisotopic (exact) mass is 393 g/mol. The van der Waals surface area contributed by atoms with Gasteiger partial charge in [0.15, 0.2) is 0 Å². The second-order valence-electron chi connectivity index (χ2n) is 6.76. The average Bonchev–Trinajstić information content (AvgIpc) is 3.38. The van der Waals surface area contributed by atoms with Crippen LogP contribution in [0.3, 0.4) is 0 Å². The van der Waals surface area contributed by atoms with E-state index >= 15 is 0 Å². The van der Waals surface area contributed by atoms with Gasteiger partial charge in [0.25, 0.3) is 5.91 Å². The highest BCUT2D eigenvalue weighted by Crippen LogP contribution is 2.21. The molecule has 1 aromatic carbocycles. The number of nitrogens with zero attached hydrogens (tertiary/aromatic N) is 3. The van der Waals surface area contributed by atoms with Crippen LogP contribution in [-0.4, -0.2) is 39.9 Å². The Bertz CT molecular complexity index is 1000. The zero-order valence-electron chi connectivity index (χ0n) is 15.6. The molecule has 29 heavy (non-hydrogen) atoms. The number of urea groups is 1. The van der Waals surface area contributed by atoms with Gasteiger partial charge in [0.05, 0.1) is 6.54 Å². The number of amides is 3. The summed E-state index contributed by atoms with van der Waals surface area (Å²) in [5.41, 5.74) is 2.19. The van der Waals surface area contributed by atoms with Gasteiger partial charge in [0, 0.05) is 43.3 Å². The number of benzene rings is 1. The zero-order valence-corrected chi connectivity index (χ0v) is 15.6. The van der Waals surface area contributed by atoms with Crippen LogP contribution in [0.15, 0.2) is 60.9 Å². The van der Waals surface area contributed by atoms with E-state index in [0.29, 0.717) is 37.6 Å². The summed E-state index contributed by atoms with van der Waals surface area (Å²) in [6.45, 7) is 1.78. The predicted molar refractivity (Wildman–Crippen MR) is 106 cm³/mol. The second kappa shape index (κ2) is 8.14. The van der Waals surface area contributed by atoms with Crippen molar-refractivity contribution in [3.63, 3.8) is 0 Å². The predicted octanol–water partition coefficient (Wildman–Crippen LogP) is 2.92. The van der Waals surface area contributed by atoms with Crippen LogP contribution in [0.1, 0.15) is 21.6 Å². The molecule has 0 unspecified atom stereocenters. The number of halogens is 1. The first-order valence-electron chi connectivity index (χ1n) is 9.27. The summed E-state index contributed by atoms with van der Waals surface area (Å²) in [5.74, 6) is -0.110. The van der Waals surface area contributed by atoms with Crippen LogP contribution < -0.4 is 10.2 Å². The van der Waals surface area contributed by atoms with E-state index in [1.165, 1.54) is 18.3 Å². The number of hydrogen-bond acceptors (Lipinski definition) is 3. The third-order valence-electron chi connectivity index (χ3n) is 4.77. The molecule has 0 saturated carbocycles. The Morgan fingerprint density at radius 1 is 1.17 bits per heavy atom. The Kier molecular flexibility index (Phi) is 5.24. The molecule has 4 rings (SSSR count). The topological polar surface area (TPSA) is 81.3 Å². The van der Waals surface area contributed by atoms with Crippen molar-refractivity contribution in [2.24, 2.45) is 0 Å². The Balaban J connectivity index is 1.41. The van der Waals surface area contributed by atoms with Crippen molar-refractivity contribution in [2.45, 2.75) is 13.1 Å². The van der Waals surface area contributed by atoms with E-state index < -0.39 is 0 Å². The van der Waals surface area contributed by atoms with Crippen molar-refractivity contribution in [1.82, 2.24) is 20.2 Å². The number of anilines is 1. The van der Waals surface area contributed by atoms with Gasteiger partial charge in [-0.1, -0.05) is 12.1 Å². The molecule has 148 valence electrons. The lowest BCUT2D eigenvalue weighted by molar-refractivity contribution is 0.0950. The first kappa shape index (κ1) is 18.7. The number of H-pyrrole nitrogens is 1. The molecule has 2 aromatic heterocycles. The molecule has 0 atom stereocenters. The van der Waals surface area contributed by atoms with Crippen molar-refractivity contribution < 1.29 is 14.0 Å². The number of aromatic amines is 1. The molecular weight excluding hydrogens is 373 g/mol. The first-order chi connectivity index (χ1) is 14.1. The molecule has 1 aliphatic rings. The number of carbonyl (C=O) groups is 2. The van der Waals surface area contributed by atoms with E-state index in [0.717, 1.165) is 11.3 Å². The Labute approximate surface area is 167 Å². The fraction of sp³-hybridized carbons (Fsp3) is 0.190. The number of hydrogen-bond donors (Lipinski definition) is 2. The molecule has 3 amide bonds. The molecular formula is C21H20FN5O2. The maximum atomic E-state index is 13.1. The molecule has 1 saturated heterocycles. The van der Waals surface area contributed by atoms with Gasteiger partial charge in [0.2, 0.25) is 0 Å². The maximum absolute atomic E-state index is 13.1. The van der Waals surface area contributed by atoms with Gasteiger partial charge < -0.3 is 15.2 Å². The minimum Gasteiger partial charge on any atom is -0.364 e. The smallest absolute Gasteiger partial charge is 0.326 e. The lowest BCUT2D eigenvalue weighted by Gasteiger charge is -2.18. The summed E-state index contributed by atoms with van der Waals surface area (Å²) >= 11 is 0. The fourth-order valence-electron chi connectivity index (χ4n) is 3.21. The second-order valence-corrected chi connectivity index (χ2v) is 6.76. The summed E-state index contributed by atoms with van der Waals surface area (Å²) < 4.78 is 13.1. The number of pyridine rings is 1. The third kappa shape index (κ3) is 4.26. The van der Waals surface area contributed by atoms with Gasteiger partial charge in [-0.15, -0.1) is 0 Å². The van der Waals surface area contributed by atoms with Gasteiger partial charge in [-0.25, -0.2) is 14.2 Å². The van der Waals surface area contributed by atoms with Crippen LogP contribution in [0.4, 0.5) is 15.0 Å². The number of nitrogens with one attached hydrogen (secondary N) is 2. The van der Waals surface area contributed by atoms with Crippen LogP contribution in [0.25, 0.3) is 0 Å². The SMILES string of the molecule is O=C(NCc1ccc[nH]1)c1ccnc(N2CCN(Cc3ccc(F)cc3)C2=O)c1. The molecule has 0 aliphatic carbocycles. The van der Waals surface area contributed by atoms with Gasteiger partial charge in [-0.3, -0.25) is 9.69 Å². The summed E-state index contributed by atoms with van der Waals surface area (Å²) in [7, 11) is 0. The van der Waals surface area contributed by atoms with E-state index in [4.69, 9.17) is 0 Å². The largest absolute Gasteiger partial charge is 0.364 e. The number of carbonyl (C=O) groups excluding carboxylic acids is 2. The summed E-state index contributed by atoms with van der Waals surface area (Å²) in [6, 6.07) is 12.9. The number of rotatable bonds is 6. The van der Waals surface area contributed by atoms with Crippen molar-refractivity contribution in [3.05, 3.63) is 83.6 Å². The van der Waals surface area contributed by atoms with Crippen LogP contribution in [0.5, 0.6) is 0 Å². The van der Waals surface area contributed by atoms with Gasteiger partial charge in [0.1, 0.15) is 11.6 Å². The molecule has 3 heterocycles. The lowest BCUT2D eigenvalue weighted by Crippen LogP contribution is -2.32. The molecule has 1 aliphatic heterocycles. The first-order valence-corrected chi connectivity index (χ1v) is 9.27. The van der Waals surface area contributed by atoms with E-state index in [-0.39, 0.29) is 17.8 Å². The van der Waals surface area contributed by atoms with Crippen LogP contribution in [0.2, 0.25) is 0 Å². The minimum atomic E-state index is -0.307. The lowest BCUT2D eigenvalue weighted by atomic mass is 10.2. The van der Waals surface area contributed by atoms with E-state index in [1.807, 2.05) is 12.1 Å². The summed E-state index contributed by atoms with van der Waals surface area (Å²) in [5, 5.41) is 2.83. The van der Waals surface area contributed by atoms with Gasteiger partial charge >= 0.3 is 6.03 Å². The van der Waals surface area contributed by atoms with E-state index in [9.17, 15) is 14.0 Å². The molecule has 0 spiro atoms. The average molecular weight is 393 g/mol. The highest BCUT2D eigenvalue weighted by atomic mass is 19.1. The van der Waals surface area contributed by atoms with Crippen LogP contribution in [0, 0.1) is 5.82 Å². The molecule has 8 heteroatoms. The number of aromatic nitrogens is 2. The zero-order chi connectivity index (χ0) is 20.2. The van der Waals surface area contributed by atoms with Crippen molar-refractivity contribution in [2.75, 3.05) is 18.0 Å². The molecule has 2 N–H and O–H groups in total.